The molecular formula is C15H22BrN. The molecule has 1 aliphatic carbocycles. The molecule has 1 aromatic carbocycles. The minimum absolute atomic E-state index is 0.531. The van der Waals surface area contributed by atoms with E-state index in [1.165, 1.54) is 46.8 Å². The molecule has 1 aliphatic rings. The minimum atomic E-state index is 0.531. The predicted molar refractivity (Wildman–Crippen MR) is 77.4 cm³/mol. The lowest BCUT2D eigenvalue weighted by atomic mass is 9.90. The normalized spacial score (nSPS) is 18.6. The Bertz CT molecular complexity index is 371. The largest absolute Gasteiger partial charge is 0.313 e. The van der Waals surface area contributed by atoms with Crippen LogP contribution in [0.5, 0.6) is 0 Å². The zero-order valence-corrected chi connectivity index (χ0v) is 12.6. The molecule has 1 atom stereocenters. The zero-order chi connectivity index (χ0) is 12.4. The third kappa shape index (κ3) is 2.74. The van der Waals surface area contributed by atoms with Crippen molar-refractivity contribution in [1.29, 1.82) is 0 Å². The molecule has 1 fully saturated rings. The van der Waals surface area contributed by atoms with E-state index in [-0.39, 0.29) is 0 Å². The van der Waals surface area contributed by atoms with Gasteiger partial charge in [0, 0.05) is 10.5 Å². The molecule has 1 aromatic rings. The summed E-state index contributed by atoms with van der Waals surface area (Å²) in [5.41, 5.74) is 4.15. The molecule has 1 saturated carbocycles. The van der Waals surface area contributed by atoms with E-state index in [1.54, 1.807) is 0 Å². The topological polar surface area (TPSA) is 12.0 Å². The van der Waals surface area contributed by atoms with E-state index in [1.807, 2.05) is 0 Å². The highest BCUT2D eigenvalue weighted by atomic mass is 79.9. The summed E-state index contributed by atoms with van der Waals surface area (Å²) >= 11 is 3.65. The lowest BCUT2D eigenvalue weighted by molar-refractivity contribution is 0.390. The van der Waals surface area contributed by atoms with Crippen LogP contribution < -0.4 is 5.32 Å². The van der Waals surface area contributed by atoms with Crippen LogP contribution in [0.1, 0.15) is 48.4 Å². The minimum Gasteiger partial charge on any atom is -0.313 e. The van der Waals surface area contributed by atoms with Gasteiger partial charge in [-0.3, -0.25) is 0 Å². The molecule has 0 bridgehead atoms. The van der Waals surface area contributed by atoms with Crippen LogP contribution in [0.3, 0.4) is 0 Å². The molecule has 0 heterocycles. The van der Waals surface area contributed by atoms with Gasteiger partial charge < -0.3 is 5.32 Å². The van der Waals surface area contributed by atoms with E-state index in [2.05, 4.69) is 54.3 Å². The Morgan fingerprint density at radius 1 is 1.18 bits per heavy atom. The van der Waals surface area contributed by atoms with E-state index < -0.39 is 0 Å². The van der Waals surface area contributed by atoms with Crippen LogP contribution in [0.15, 0.2) is 16.6 Å². The molecule has 0 saturated heterocycles. The highest BCUT2D eigenvalue weighted by molar-refractivity contribution is 9.10. The molecular weight excluding hydrogens is 274 g/mol. The molecule has 0 aliphatic heterocycles. The molecule has 17 heavy (non-hydrogen) atoms. The van der Waals surface area contributed by atoms with Gasteiger partial charge in [-0.15, -0.1) is 0 Å². The first kappa shape index (κ1) is 13.1. The van der Waals surface area contributed by atoms with Crippen molar-refractivity contribution >= 4 is 15.9 Å². The molecule has 2 rings (SSSR count). The summed E-state index contributed by atoms with van der Waals surface area (Å²) in [6.45, 7) is 4.36. The smallest absolute Gasteiger partial charge is 0.0346 e. The van der Waals surface area contributed by atoms with Crippen LogP contribution in [-0.2, 0) is 0 Å². The van der Waals surface area contributed by atoms with Gasteiger partial charge in [0.05, 0.1) is 0 Å². The van der Waals surface area contributed by atoms with Crippen molar-refractivity contribution in [3.8, 4) is 0 Å². The molecule has 0 aromatic heterocycles. The van der Waals surface area contributed by atoms with Crippen molar-refractivity contribution in [2.24, 2.45) is 5.92 Å². The second kappa shape index (κ2) is 5.53. The molecule has 0 radical (unpaired) electrons. The van der Waals surface area contributed by atoms with E-state index in [0.717, 1.165) is 5.92 Å². The standard InChI is InChI=1S/C15H22BrN/c1-10-8-13(9-11(2)14(10)16)15(17-3)12-6-4-5-7-12/h8-9,12,15,17H,4-7H2,1-3H3. The molecule has 1 N–H and O–H groups in total. The number of aryl methyl sites for hydroxylation is 2. The predicted octanol–water partition coefficient (Wildman–Crippen LogP) is 4.52. The summed E-state index contributed by atoms with van der Waals surface area (Å²) in [5.74, 6) is 0.819. The Balaban J connectivity index is 2.30. The summed E-state index contributed by atoms with van der Waals surface area (Å²) < 4.78 is 1.25. The summed E-state index contributed by atoms with van der Waals surface area (Å²) in [5, 5.41) is 3.52. The third-order valence-corrected chi connectivity index (χ3v) is 5.25. The maximum Gasteiger partial charge on any atom is 0.0346 e. The number of nitrogens with one attached hydrogen (secondary N) is 1. The van der Waals surface area contributed by atoms with Gasteiger partial charge in [-0.2, -0.15) is 0 Å². The Morgan fingerprint density at radius 2 is 1.71 bits per heavy atom. The summed E-state index contributed by atoms with van der Waals surface area (Å²) in [6, 6.07) is 5.19. The summed E-state index contributed by atoms with van der Waals surface area (Å²) in [6.07, 6.45) is 5.55. The molecule has 1 unspecified atom stereocenters. The van der Waals surface area contributed by atoms with Gasteiger partial charge in [0.25, 0.3) is 0 Å². The quantitative estimate of drug-likeness (QED) is 0.865. The lowest BCUT2D eigenvalue weighted by Crippen LogP contribution is -2.23. The Morgan fingerprint density at radius 3 is 2.18 bits per heavy atom. The fourth-order valence-corrected chi connectivity index (χ4v) is 3.35. The van der Waals surface area contributed by atoms with Crippen LogP contribution in [0, 0.1) is 19.8 Å². The van der Waals surface area contributed by atoms with Crippen LogP contribution in [-0.4, -0.2) is 7.05 Å². The average molecular weight is 296 g/mol. The van der Waals surface area contributed by atoms with Crippen molar-refractivity contribution in [3.63, 3.8) is 0 Å². The molecule has 1 nitrogen and oxygen atoms in total. The first-order chi connectivity index (χ1) is 8.13. The van der Waals surface area contributed by atoms with Crippen molar-refractivity contribution in [1.82, 2.24) is 5.32 Å². The van der Waals surface area contributed by atoms with E-state index in [9.17, 15) is 0 Å². The van der Waals surface area contributed by atoms with Gasteiger partial charge in [-0.25, -0.2) is 0 Å². The van der Waals surface area contributed by atoms with Crippen molar-refractivity contribution in [2.45, 2.75) is 45.6 Å². The lowest BCUT2D eigenvalue weighted by Gasteiger charge is -2.24. The first-order valence-electron chi connectivity index (χ1n) is 6.57. The maximum absolute atomic E-state index is 3.65. The first-order valence-corrected chi connectivity index (χ1v) is 7.36. The number of benzene rings is 1. The van der Waals surface area contributed by atoms with E-state index in [4.69, 9.17) is 0 Å². The fourth-order valence-electron chi connectivity index (χ4n) is 3.12. The zero-order valence-electron chi connectivity index (χ0n) is 11.0. The van der Waals surface area contributed by atoms with Crippen LogP contribution in [0.25, 0.3) is 0 Å². The van der Waals surface area contributed by atoms with E-state index >= 15 is 0 Å². The number of rotatable bonds is 3. The molecule has 0 amide bonds. The molecule has 2 heteroatoms. The molecule has 0 spiro atoms. The third-order valence-electron chi connectivity index (χ3n) is 4.00. The van der Waals surface area contributed by atoms with Crippen LogP contribution in [0.2, 0.25) is 0 Å². The van der Waals surface area contributed by atoms with Crippen molar-refractivity contribution in [3.05, 3.63) is 33.3 Å². The highest BCUT2D eigenvalue weighted by Crippen LogP contribution is 2.37. The Kier molecular flexibility index (Phi) is 4.26. The van der Waals surface area contributed by atoms with Crippen molar-refractivity contribution < 1.29 is 0 Å². The van der Waals surface area contributed by atoms with Gasteiger partial charge in [-0.1, -0.05) is 40.9 Å². The van der Waals surface area contributed by atoms with Gasteiger partial charge in [-0.05, 0) is 56.3 Å². The van der Waals surface area contributed by atoms with Crippen molar-refractivity contribution in [2.75, 3.05) is 7.05 Å². The average Bonchev–Trinajstić information content (AvgIpc) is 2.80. The highest BCUT2D eigenvalue weighted by Gasteiger charge is 2.25. The van der Waals surface area contributed by atoms with Gasteiger partial charge in [0.15, 0.2) is 0 Å². The molecule has 94 valence electrons. The van der Waals surface area contributed by atoms with Gasteiger partial charge >= 0.3 is 0 Å². The van der Waals surface area contributed by atoms with Crippen LogP contribution >= 0.6 is 15.9 Å². The maximum atomic E-state index is 3.65. The SMILES string of the molecule is CNC(c1cc(C)c(Br)c(C)c1)C1CCCC1. The summed E-state index contributed by atoms with van der Waals surface area (Å²) in [7, 11) is 2.09. The number of halogens is 1. The monoisotopic (exact) mass is 295 g/mol. The summed E-state index contributed by atoms with van der Waals surface area (Å²) in [4.78, 5) is 0. The number of hydrogen-bond acceptors (Lipinski definition) is 1. The second-order valence-electron chi connectivity index (χ2n) is 5.28. The Labute approximate surface area is 113 Å². The van der Waals surface area contributed by atoms with Gasteiger partial charge in [0.1, 0.15) is 0 Å². The number of hydrogen-bond donors (Lipinski definition) is 1. The Hall–Kier alpha value is -0.340. The van der Waals surface area contributed by atoms with E-state index in [0.29, 0.717) is 6.04 Å². The van der Waals surface area contributed by atoms with Crippen LogP contribution in [0.4, 0.5) is 0 Å². The second-order valence-corrected chi connectivity index (χ2v) is 6.07. The fraction of sp³-hybridized carbons (Fsp3) is 0.600. The van der Waals surface area contributed by atoms with Gasteiger partial charge in [0.2, 0.25) is 0 Å².